The topological polar surface area (TPSA) is 66.6 Å². The van der Waals surface area contributed by atoms with Crippen LogP contribution in [0, 0.1) is 0 Å². The van der Waals surface area contributed by atoms with Crippen molar-refractivity contribution < 1.29 is 9.90 Å². The van der Waals surface area contributed by atoms with Gasteiger partial charge in [0.05, 0.1) is 11.4 Å². The molecule has 0 saturated heterocycles. The number of hydrogen-bond donors (Lipinski definition) is 2. The number of thiocarbonyl (C=S) groups is 1. The molecule has 19 heavy (non-hydrogen) atoms. The number of rotatable bonds is 7. The number of nitrogens with zero attached hydrogens (tertiary/aromatic N) is 1. The smallest absolute Gasteiger partial charge is 0.307 e. The van der Waals surface area contributed by atoms with Crippen molar-refractivity contribution in [2.75, 3.05) is 6.54 Å². The Balaban J connectivity index is 2.89. The Morgan fingerprint density at radius 3 is 2.42 bits per heavy atom. The lowest BCUT2D eigenvalue weighted by Crippen LogP contribution is -2.37. The molecular formula is C14H20N2O2S. The Morgan fingerprint density at radius 2 is 1.95 bits per heavy atom. The van der Waals surface area contributed by atoms with E-state index in [9.17, 15) is 4.79 Å². The van der Waals surface area contributed by atoms with E-state index in [1.165, 1.54) is 0 Å². The van der Waals surface area contributed by atoms with Gasteiger partial charge in [-0.15, -0.1) is 0 Å². The van der Waals surface area contributed by atoms with Crippen molar-refractivity contribution in [2.45, 2.75) is 32.9 Å². The second-order valence-corrected chi connectivity index (χ2v) is 5.33. The molecule has 0 aliphatic rings. The number of carboxylic acids is 1. The summed E-state index contributed by atoms with van der Waals surface area (Å²) in [5, 5.41) is 8.93. The fourth-order valence-electron chi connectivity index (χ4n) is 1.89. The van der Waals surface area contributed by atoms with Crippen LogP contribution in [0.25, 0.3) is 0 Å². The van der Waals surface area contributed by atoms with Crippen LogP contribution in [0.1, 0.15) is 25.0 Å². The van der Waals surface area contributed by atoms with E-state index < -0.39 is 5.97 Å². The summed E-state index contributed by atoms with van der Waals surface area (Å²) in [4.78, 5) is 13.4. The third-order valence-electron chi connectivity index (χ3n) is 2.92. The van der Waals surface area contributed by atoms with Crippen LogP contribution in [-0.4, -0.2) is 33.6 Å². The summed E-state index contributed by atoms with van der Waals surface area (Å²) in [5.41, 5.74) is 7.45. The second-order valence-electron chi connectivity index (χ2n) is 4.80. The number of nitrogens with two attached hydrogens (primary N) is 1. The van der Waals surface area contributed by atoms with Crippen LogP contribution in [0.5, 0.6) is 0 Å². The minimum absolute atomic E-state index is 0.0369. The van der Waals surface area contributed by atoms with E-state index >= 15 is 0 Å². The molecule has 0 amide bonds. The summed E-state index contributed by atoms with van der Waals surface area (Å²) in [5.74, 6) is -0.821. The summed E-state index contributed by atoms with van der Waals surface area (Å²) in [6.07, 6.45) is 0.0369. The SMILES string of the molecule is CC(C)N(CC(N)=S)Cc1ccccc1CC(=O)O. The van der Waals surface area contributed by atoms with Gasteiger partial charge in [0.2, 0.25) is 0 Å². The minimum Gasteiger partial charge on any atom is -0.481 e. The maximum absolute atomic E-state index is 10.9. The van der Waals surface area contributed by atoms with Crippen molar-refractivity contribution in [3.63, 3.8) is 0 Å². The van der Waals surface area contributed by atoms with Crippen molar-refractivity contribution >= 4 is 23.2 Å². The molecule has 0 fully saturated rings. The van der Waals surface area contributed by atoms with Crippen molar-refractivity contribution in [1.29, 1.82) is 0 Å². The maximum Gasteiger partial charge on any atom is 0.307 e. The second kappa shape index (κ2) is 7.21. The molecule has 0 bridgehead atoms. The number of benzene rings is 1. The van der Waals surface area contributed by atoms with Crippen LogP contribution in [0.4, 0.5) is 0 Å². The fourth-order valence-corrected chi connectivity index (χ4v) is 2.05. The van der Waals surface area contributed by atoms with Crippen LogP contribution >= 0.6 is 12.2 Å². The van der Waals surface area contributed by atoms with Gasteiger partial charge in [0.15, 0.2) is 0 Å². The van der Waals surface area contributed by atoms with Gasteiger partial charge < -0.3 is 10.8 Å². The molecule has 5 heteroatoms. The van der Waals surface area contributed by atoms with Crippen LogP contribution in [0.3, 0.4) is 0 Å². The van der Waals surface area contributed by atoms with Gasteiger partial charge in [-0.05, 0) is 25.0 Å². The predicted molar refractivity (Wildman–Crippen MR) is 80.1 cm³/mol. The molecule has 1 aromatic carbocycles. The lowest BCUT2D eigenvalue weighted by Gasteiger charge is -2.26. The molecule has 0 atom stereocenters. The lowest BCUT2D eigenvalue weighted by atomic mass is 10.0. The van der Waals surface area contributed by atoms with Crippen LogP contribution < -0.4 is 5.73 Å². The maximum atomic E-state index is 10.9. The largest absolute Gasteiger partial charge is 0.481 e. The van der Waals surface area contributed by atoms with Gasteiger partial charge in [0, 0.05) is 19.1 Å². The zero-order valence-electron chi connectivity index (χ0n) is 11.3. The zero-order chi connectivity index (χ0) is 14.4. The molecule has 104 valence electrons. The van der Waals surface area contributed by atoms with Gasteiger partial charge >= 0.3 is 5.97 Å². The first-order valence-electron chi connectivity index (χ1n) is 6.21. The first kappa shape index (κ1) is 15.6. The van der Waals surface area contributed by atoms with Gasteiger partial charge in [-0.25, -0.2) is 0 Å². The Labute approximate surface area is 119 Å². The molecule has 1 rings (SSSR count). The number of carboxylic acid groups (broad SMARTS) is 1. The molecule has 1 aromatic rings. The quantitative estimate of drug-likeness (QED) is 0.746. The molecule has 0 radical (unpaired) electrons. The predicted octanol–water partition coefficient (Wildman–Crippen LogP) is 1.81. The summed E-state index contributed by atoms with van der Waals surface area (Å²) < 4.78 is 0. The monoisotopic (exact) mass is 280 g/mol. The van der Waals surface area contributed by atoms with Gasteiger partial charge in [-0.2, -0.15) is 0 Å². The zero-order valence-corrected chi connectivity index (χ0v) is 12.1. The molecule has 3 N–H and O–H groups in total. The summed E-state index contributed by atoms with van der Waals surface area (Å²) in [7, 11) is 0. The highest BCUT2D eigenvalue weighted by molar-refractivity contribution is 7.80. The van der Waals surface area contributed by atoms with E-state index in [1.807, 2.05) is 24.3 Å². The summed E-state index contributed by atoms with van der Waals surface area (Å²) >= 11 is 4.95. The first-order valence-corrected chi connectivity index (χ1v) is 6.62. The average Bonchev–Trinajstić information content (AvgIpc) is 2.29. The molecule has 0 saturated carbocycles. The van der Waals surface area contributed by atoms with Crippen LogP contribution in [-0.2, 0) is 17.8 Å². The summed E-state index contributed by atoms with van der Waals surface area (Å²) in [6.45, 7) is 5.32. The minimum atomic E-state index is -0.821. The van der Waals surface area contributed by atoms with E-state index in [0.29, 0.717) is 24.1 Å². The molecule has 4 nitrogen and oxygen atoms in total. The molecule has 0 aliphatic heterocycles. The Bertz CT molecular complexity index is 461. The number of hydrogen-bond acceptors (Lipinski definition) is 3. The van der Waals surface area contributed by atoms with Crippen LogP contribution in [0.2, 0.25) is 0 Å². The molecule has 0 unspecified atom stereocenters. The third kappa shape index (κ3) is 5.36. The van der Waals surface area contributed by atoms with Gasteiger partial charge in [0.1, 0.15) is 0 Å². The van der Waals surface area contributed by atoms with Crippen molar-refractivity contribution in [3.05, 3.63) is 35.4 Å². The number of aliphatic carboxylic acids is 1. The van der Waals surface area contributed by atoms with E-state index in [0.717, 1.165) is 11.1 Å². The van der Waals surface area contributed by atoms with Gasteiger partial charge in [-0.3, -0.25) is 9.69 Å². The van der Waals surface area contributed by atoms with Crippen molar-refractivity contribution in [3.8, 4) is 0 Å². The highest BCUT2D eigenvalue weighted by atomic mass is 32.1. The highest BCUT2D eigenvalue weighted by Crippen LogP contribution is 2.14. The Hall–Kier alpha value is -1.46. The highest BCUT2D eigenvalue weighted by Gasteiger charge is 2.14. The molecular weight excluding hydrogens is 260 g/mol. The van der Waals surface area contributed by atoms with Gasteiger partial charge in [0.25, 0.3) is 0 Å². The van der Waals surface area contributed by atoms with Crippen molar-refractivity contribution in [2.24, 2.45) is 5.73 Å². The summed E-state index contributed by atoms with van der Waals surface area (Å²) in [6, 6.07) is 7.87. The van der Waals surface area contributed by atoms with E-state index in [-0.39, 0.29) is 6.42 Å². The first-order chi connectivity index (χ1) is 8.90. The molecule has 0 spiro atoms. The van der Waals surface area contributed by atoms with E-state index in [2.05, 4.69) is 18.7 Å². The van der Waals surface area contributed by atoms with E-state index in [4.69, 9.17) is 23.1 Å². The third-order valence-corrected chi connectivity index (χ3v) is 3.05. The van der Waals surface area contributed by atoms with Crippen LogP contribution in [0.15, 0.2) is 24.3 Å². The van der Waals surface area contributed by atoms with Gasteiger partial charge in [-0.1, -0.05) is 36.5 Å². The van der Waals surface area contributed by atoms with E-state index in [1.54, 1.807) is 0 Å². The molecule has 0 aromatic heterocycles. The standard InChI is InChI=1S/C14H20N2O2S/c1-10(2)16(9-13(15)19)8-12-6-4-3-5-11(12)7-14(17)18/h3-6,10H,7-9H2,1-2H3,(H2,15,19)(H,17,18). The molecule has 0 heterocycles. The average molecular weight is 280 g/mol. The number of carbonyl (C=O) groups is 1. The molecule has 0 aliphatic carbocycles. The Morgan fingerprint density at radius 1 is 1.37 bits per heavy atom. The van der Waals surface area contributed by atoms with Crippen molar-refractivity contribution in [1.82, 2.24) is 4.90 Å². The lowest BCUT2D eigenvalue weighted by molar-refractivity contribution is -0.136. The Kier molecular flexibility index (Phi) is 5.92. The normalized spacial score (nSPS) is 10.9. The fraction of sp³-hybridized carbons (Fsp3) is 0.429.